The summed E-state index contributed by atoms with van der Waals surface area (Å²) >= 11 is 5.64. The molecule has 0 N–H and O–H groups in total. The molecule has 0 aromatic rings. The Morgan fingerprint density at radius 3 is 0.919 bits per heavy atom. The Hall–Kier alpha value is -1.03. The molecule has 37 heavy (non-hydrogen) atoms. The van der Waals surface area contributed by atoms with Gasteiger partial charge in [0.1, 0.15) is 51.4 Å². The fourth-order valence-corrected chi connectivity index (χ4v) is 2.63. The lowest BCUT2D eigenvalue weighted by Gasteiger charge is -2.19. The number of carbonyl (C=O) groups is 6. The lowest BCUT2D eigenvalue weighted by Crippen LogP contribution is -2.40. The van der Waals surface area contributed by atoms with Crippen LogP contribution < -0.4 is 0 Å². The molecule has 0 aliphatic heterocycles. The molecule has 0 amide bonds. The summed E-state index contributed by atoms with van der Waals surface area (Å²) in [4.78, 5) is 71.9. The average Bonchev–Trinajstić information content (AvgIpc) is 2.81. The van der Waals surface area contributed by atoms with E-state index in [0.29, 0.717) is 0 Å². The quantitative estimate of drug-likeness (QED) is 0.0633. The van der Waals surface area contributed by atoms with Crippen molar-refractivity contribution in [2.45, 2.75) is 32.5 Å². The molecule has 0 bridgehead atoms. The summed E-state index contributed by atoms with van der Waals surface area (Å²) in [6.07, 6.45) is 0. The molecule has 0 aliphatic carbocycles. The summed E-state index contributed by atoms with van der Waals surface area (Å²) in [6, 6.07) is 0. The zero-order chi connectivity index (χ0) is 28.4. The molecule has 0 aromatic heterocycles. The minimum absolute atomic E-state index is 0.148. The standard InChI is InChI=1S/C21H30I3NO12/c1-13(22)19(29)35-7-4-32-16(26)10-25(11-17(27)33-5-8-36-20(30)14(2)23)12-18(28)34-6-9-37-21(31)15(3)24/h13-15H,4-12H2,1-3H3. The number of halogens is 3. The van der Waals surface area contributed by atoms with Gasteiger partial charge in [0, 0.05) is 0 Å². The average molecular weight is 869 g/mol. The van der Waals surface area contributed by atoms with E-state index in [-0.39, 0.29) is 51.4 Å². The Morgan fingerprint density at radius 1 is 0.486 bits per heavy atom. The van der Waals surface area contributed by atoms with E-state index in [1.165, 1.54) is 0 Å². The summed E-state index contributed by atoms with van der Waals surface area (Å²) in [5.74, 6) is -3.72. The van der Waals surface area contributed by atoms with E-state index in [9.17, 15) is 28.8 Å². The predicted octanol–water partition coefficient (Wildman–Crippen LogP) is 1.02. The molecule has 0 aromatic carbocycles. The van der Waals surface area contributed by atoms with Crippen molar-refractivity contribution >= 4 is 104 Å². The monoisotopic (exact) mass is 869 g/mol. The van der Waals surface area contributed by atoms with Crippen LogP contribution in [0.2, 0.25) is 0 Å². The Kier molecular flexibility index (Phi) is 20.3. The van der Waals surface area contributed by atoms with E-state index in [2.05, 4.69) is 0 Å². The lowest BCUT2D eigenvalue weighted by atomic mass is 10.4. The number of rotatable bonds is 18. The van der Waals surface area contributed by atoms with Gasteiger partial charge in [-0.05, 0) is 20.8 Å². The Bertz CT molecular complexity index is 676. The van der Waals surface area contributed by atoms with Gasteiger partial charge >= 0.3 is 35.8 Å². The van der Waals surface area contributed by atoms with E-state index in [1.807, 2.05) is 67.8 Å². The smallest absolute Gasteiger partial charge is 0.320 e. The molecular weight excluding hydrogens is 839 g/mol. The SMILES string of the molecule is CC(I)C(=O)OCCOC(=O)CN(CC(=O)OCCOC(=O)C(C)I)CC(=O)OCCOC(=O)C(C)I. The van der Waals surface area contributed by atoms with E-state index in [1.54, 1.807) is 20.8 Å². The predicted molar refractivity (Wildman–Crippen MR) is 153 cm³/mol. The Morgan fingerprint density at radius 2 is 0.703 bits per heavy atom. The molecule has 0 saturated heterocycles. The van der Waals surface area contributed by atoms with Gasteiger partial charge in [0.2, 0.25) is 0 Å². The van der Waals surface area contributed by atoms with Gasteiger partial charge in [-0.3, -0.25) is 33.7 Å². The number of carbonyl (C=O) groups excluding carboxylic acids is 6. The van der Waals surface area contributed by atoms with Gasteiger partial charge in [-0.1, -0.05) is 67.8 Å². The first kappa shape index (κ1) is 36.0. The van der Waals surface area contributed by atoms with Crippen molar-refractivity contribution < 1.29 is 57.2 Å². The summed E-state index contributed by atoms with van der Waals surface area (Å²) < 4.78 is 28.6. The first-order valence-corrected chi connectivity index (χ1v) is 14.7. The summed E-state index contributed by atoms with van der Waals surface area (Å²) in [5, 5.41) is 0. The van der Waals surface area contributed by atoms with Crippen LogP contribution in [-0.2, 0) is 57.2 Å². The molecule has 13 nitrogen and oxygen atoms in total. The molecular formula is C21H30I3NO12. The fraction of sp³-hybridized carbons (Fsp3) is 0.714. The van der Waals surface area contributed by atoms with Crippen LogP contribution in [0.15, 0.2) is 0 Å². The zero-order valence-corrected chi connectivity index (χ0v) is 27.0. The van der Waals surface area contributed by atoms with Crippen LogP contribution in [0.25, 0.3) is 0 Å². The molecule has 0 saturated carbocycles. The van der Waals surface area contributed by atoms with Gasteiger partial charge < -0.3 is 28.4 Å². The van der Waals surface area contributed by atoms with Gasteiger partial charge in [-0.25, -0.2) is 0 Å². The minimum atomic E-state index is -0.783. The lowest BCUT2D eigenvalue weighted by molar-refractivity contribution is -0.158. The molecule has 0 heterocycles. The number of nitrogens with zero attached hydrogens (tertiary/aromatic N) is 1. The third-order valence-electron chi connectivity index (χ3n) is 3.80. The second-order valence-electron chi connectivity index (χ2n) is 7.16. The number of hydrogen-bond donors (Lipinski definition) is 0. The van der Waals surface area contributed by atoms with E-state index in [4.69, 9.17) is 28.4 Å². The van der Waals surface area contributed by atoms with Crippen LogP contribution in [0.5, 0.6) is 0 Å². The molecule has 16 heteroatoms. The first-order valence-electron chi connectivity index (χ1n) is 10.9. The number of ether oxygens (including phenoxy) is 6. The van der Waals surface area contributed by atoms with Crippen molar-refractivity contribution in [2.24, 2.45) is 0 Å². The Labute approximate surface area is 255 Å². The van der Waals surface area contributed by atoms with E-state index >= 15 is 0 Å². The highest BCUT2D eigenvalue weighted by Gasteiger charge is 2.21. The maximum absolute atomic E-state index is 12.2. The van der Waals surface area contributed by atoms with Crippen molar-refractivity contribution in [3.8, 4) is 0 Å². The molecule has 0 aliphatic rings. The van der Waals surface area contributed by atoms with E-state index in [0.717, 1.165) is 4.90 Å². The maximum atomic E-state index is 12.2. The molecule has 0 fully saturated rings. The largest absolute Gasteiger partial charge is 0.461 e. The van der Waals surface area contributed by atoms with Crippen LogP contribution in [0.3, 0.4) is 0 Å². The molecule has 0 spiro atoms. The van der Waals surface area contributed by atoms with Crippen LogP contribution in [0, 0.1) is 0 Å². The van der Waals surface area contributed by atoms with Gasteiger partial charge in [0.25, 0.3) is 0 Å². The molecule has 0 radical (unpaired) electrons. The summed E-state index contributed by atoms with van der Waals surface area (Å²) in [7, 11) is 0. The minimum Gasteiger partial charge on any atom is -0.461 e. The zero-order valence-electron chi connectivity index (χ0n) is 20.6. The van der Waals surface area contributed by atoms with Crippen molar-refractivity contribution in [1.29, 1.82) is 0 Å². The van der Waals surface area contributed by atoms with Crippen molar-refractivity contribution in [3.63, 3.8) is 0 Å². The van der Waals surface area contributed by atoms with Gasteiger partial charge in [-0.2, -0.15) is 0 Å². The molecule has 0 rings (SSSR count). The normalized spacial score (nSPS) is 13.1. The van der Waals surface area contributed by atoms with Crippen molar-refractivity contribution in [3.05, 3.63) is 0 Å². The number of hydrogen-bond acceptors (Lipinski definition) is 13. The Balaban J connectivity index is 4.72. The fourth-order valence-electron chi connectivity index (χ4n) is 2.09. The van der Waals surface area contributed by atoms with Gasteiger partial charge in [-0.15, -0.1) is 0 Å². The summed E-state index contributed by atoms with van der Waals surface area (Å²) in [6.45, 7) is 2.46. The second-order valence-corrected chi connectivity index (χ2v) is 12.8. The third kappa shape index (κ3) is 19.7. The van der Waals surface area contributed by atoms with Gasteiger partial charge in [0.15, 0.2) is 0 Å². The van der Waals surface area contributed by atoms with Gasteiger partial charge in [0.05, 0.1) is 19.6 Å². The van der Waals surface area contributed by atoms with Crippen LogP contribution in [0.4, 0.5) is 0 Å². The summed E-state index contributed by atoms with van der Waals surface area (Å²) in [5.41, 5.74) is 0. The second kappa shape index (κ2) is 20.9. The number of alkyl halides is 3. The number of esters is 6. The van der Waals surface area contributed by atoms with Crippen LogP contribution >= 0.6 is 67.8 Å². The van der Waals surface area contributed by atoms with E-state index < -0.39 is 55.5 Å². The van der Waals surface area contributed by atoms with Crippen molar-refractivity contribution in [1.82, 2.24) is 4.90 Å². The topological polar surface area (TPSA) is 161 Å². The van der Waals surface area contributed by atoms with Crippen LogP contribution in [-0.4, -0.2) is 112 Å². The van der Waals surface area contributed by atoms with Crippen LogP contribution in [0.1, 0.15) is 20.8 Å². The molecule has 3 atom stereocenters. The first-order chi connectivity index (χ1) is 17.3. The highest BCUT2D eigenvalue weighted by atomic mass is 127. The third-order valence-corrected chi connectivity index (χ3v) is 5.33. The maximum Gasteiger partial charge on any atom is 0.320 e. The highest BCUT2D eigenvalue weighted by Crippen LogP contribution is 2.03. The van der Waals surface area contributed by atoms with Crippen molar-refractivity contribution in [2.75, 3.05) is 59.3 Å². The molecule has 212 valence electrons. The highest BCUT2D eigenvalue weighted by molar-refractivity contribution is 14.1. The molecule has 3 unspecified atom stereocenters.